The van der Waals surface area contributed by atoms with Crippen molar-refractivity contribution in [3.63, 3.8) is 0 Å². The third-order valence-corrected chi connectivity index (χ3v) is 2.81. The Morgan fingerprint density at radius 3 is 2.89 bits per heavy atom. The molecule has 0 spiro atoms. The van der Waals surface area contributed by atoms with E-state index in [1.54, 1.807) is 18.2 Å². The second-order valence-corrected chi connectivity index (χ2v) is 4.30. The molecule has 0 bridgehead atoms. The van der Waals surface area contributed by atoms with Gasteiger partial charge in [-0.3, -0.25) is 4.68 Å². The van der Waals surface area contributed by atoms with Gasteiger partial charge >= 0.3 is 0 Å². The summed E-state index contributed by atoms with van der Waals surface area (Å²) in [6.07, 6.45) is 2.84. The van der Waals surface area contributed by atoms with E-state index in [4.69, 9.17) is 5.73 Å². The van der Waals surface area contributed by atoms with E-state index in [9.17, 15) is 5.11 Å². The molecule has 96 valence electrons. The van der Waals surface area contributed by atoms with E-state index in [2.05, 4.69) is 10.00 Å². The molecule has 3 N–H and O–H groups in total. The number of hydrogen-bond donors (Lipinski definition) is 2. The van der Waals surface area contributed by atoms with Crippen molar-refractivity contribution in [2.45, 2.75) is 13.0 Å². The van der Waals surface area contributed by atoms with Crippen LogP contribution in [0.4, 0.5) is 11.5 Å². The zero-order valence-electron chi connectivity index (χ0n) is 10.5. The minimum atomic E-state index is 0.291. The fourth-order valence-corrected chi connectivity index (χ4v) is 1.83. The van der Waals surface area contributed by atoms with Crippen molar-refractivity contribution in [2.24, 2.45) is 0 Å². The monoisotopic (exact) mass is 246 g/mol. The normalized spacial score (nSPS) is 10.5. The topological polar surface area (TPSA) is 67.3 Å². The van der Waals surface area contributed by atoms with Crippen LogP contribution in [0.2, 0.25) is 0 Å². The average Bonchev–Trinajstić information content (AvgIpc) is 2.75. The van der Waals surface area contributed by atoms with Gasteiger partial charge in [0.1, 0.15) is 11.6 Å². The van der Waals surface area contributed by atoms with Gasteiger partial charge in [0.15, 0.2) is 0 Å². The number of nitrogen functional groups attached to an aromatic ring is 1. The summed E-state index contributed by atoms with van der Waals surface area (Å²) in [4.78, 5) is 2.10. The highest BCUT2D eigenvalue weighted by molar-refractivity contribution is 5.49. The zero-order chi connectivity index (χ0) is 13.0. The number of nitrogens with two attached hydrogens (primary N) is 1. The lowest BCUT2D eigenvalue weighted by Gasteiger charge is -2.19. The van der Waals surface area contributed by atoms with E-state index in [1.807, 2.05) is 30.1 Å². The quantitative estimate of drug-likeness (QED) is 0.842. The van der Waals surface area contributed by atoms with Gasteiger partial charge < -0.3 is 15.7 Å². The molecule has 0 atom stereocenters. The summed E-state index contributed by atoms with van der Waals surface area (Å²) in [5, 5.41) is 13.5. The number of phenolic OH excluding ortho intramolecular Hbond substituents is 1. The standard InChI is InChI=1S/C13H18N4O/c1-16(11-4-2-5-12(18)10-11)7-3-8-17-9-6-13(14)15-17/h2,4-6,9-10,18H,3,7-8H2,1H3,(H2,14,15). The van der Waals surface area contributed by atoms with Crippen LogP contribution in [0.3, 0.4) is 0 Å². The van der Waals surface area contributed by atoms with Gasteiger partial charge in [0.2, 0.25) is 0 Å². The van der Waals surface area contributed by atoms with Crippen molar-refractivity contribution in [1.29, 1.82) is 0 Å². The van der Waals surface area contributed by atoms with Crippen LogP contribution in [0.5, 0.6) is 5.75 Å². The summed E-state index contributed by atoms with van der Waals surface area (Å²) >= 11 is 0. The van der Waals surface area contributed by atoms with Gasteiger partial charge in [0.05, 0.1) is 0 Å². The lowest BCUT2D eigenvalue weighted by atomic mass is 10.2. The number of rotatable bonds is 5. The highest BCUT2D eigenvalue weighted by Crippen LogP contribution is 2.18. The maximum atomic E-state index is 9.41. The second-order valence-electron chi connectivity index (χ2n) is 4.30. The molecule has 5 heteroatoms. The molecule has 0 amide bonds. The first-order valence-electron chi connectivity index (χ1n) is 5.94. The van der Waals surface area contributed by atoms with Crippen LogP contribution in [0.15, 0.2) is 36.5 Å². The van der Waals surface area contributed by atoms with E-state index in [0.717, 1.165) is 25.2 Å². The van der Waals surface area contributed by atoms with Crippen molar-refractivity contribution in [2.75, 3.05) is 24.2 Å². The lowest BCUT2D eigenvalue weighted by molar-refractivity contribution is 0.475. The number of nitrogens with zero attached hydrogens (tertiary/aromatic N) is 3. The van der Waals surface area contributed by atoms with Gasteiger partial charge in [-0.2, -0.15) is 5.10 Å². The van der Waals surface area contributed by atoms with E-state index >= 15 is 0 Å². The van der Waals surface area contributed by atoms with Crippen LogP contribution in [-0.2, 0) is 6.54 Å². The molecule has 1 heterocycles. The Kier molecular flexibility index (Phi) is 3.72. The van der Waals surface area contributed by atoms with Crippen LogP contribution in [0.1, 0.15) is 6.42 Å². The highest BCUT2D eigenvalue weighted by Gasteiger charge is 2.02. The predicted octanol–water partition coefficient (Wildman–Crippen LogP) is 1.70. The molecule has 0 fully saturated rings. The van der Waals surface area contributed by atoms with Gasteiger partial charge in [0, 0.05) is 38.1 Å². The van der Waals surface area contributed by atoms with Gasteiger partial charge in [-0.05, 0) is 24.6 Å². The molecule has 0 aliphatic carbocycles. The SMILES string of the molecule is CN(CCCn1ccc(N)n1)c1cccc(O)c1. The number of aromatic hydroxyl groups is 1. The largest absolute Gasteiger partial charge is 0.508 e. The Morgan fingerprint density at radius 2 is 2.22 bits per heavy atom. The lowest BCUT2D eigenvalue weighted by Crippen LogP contribution is -2.19. The summed E-state index contributed by atoms with van der Waals surface area (Å²) in [7, 11) is 2.01. The molecule has 2 rings (SSSR count). The molecule has 0 saturated carbocycles. The second kappa shape index (κ2) is 5.44. The van der Waals surface area contributed by atoms with Crippen LogP contribution >= 0.6 is 0 Å². The third kappa shape index (κ3) is 3.16. The maximum Gasteiger partial charge on any atom is 0.145 e. The first kappa shape index (κ1) is 12.3. The van der Waals surface area contributed by atoms with Crippen molar-refractivity contribution >= 4 is 11.5 Å². The van der Waals surface area contributed by atoms with Crippen molar-refractivity contribution < 1.29 is 5.11 Å². The maximum absolute atomic E-state index is 9.41. The Bertz CT molecular complexity index is 509. The van der Waals surface area contributed by atoms with E-state index < -0.39 is 0 Å². The van der Waals surface area contributed by atoms with Crippen LogP contribution in [0, 0.1) is 0 Å². The van der Waals surface area contributed by atoms with Crippen LogP contribution < -0.4 is 10.6 Å². The number of aryl methyl sites for hydroxylation is 1. The molecule has 0 saturated heterocycles. The molecule has 1 aromatic heterocycles. The Hall–Kier alpha value is -2.17. The number of hydrogen-bond acceptors (Lipinski definition) is 4. The summed E-state index contributed by atoms with van der Waals surface area (Å²) < 4.78 is 1.84. The smallest absolute Gasteiger partial charge is 0.145 e. The molecule has 0 unspecified atom stereocenters. The molecule has 5 nitrogen and oxygen atoms in total. The van der Waals surface area contributed by atoms with Gasteiger partial charge in [-0.1, -0.05) is 6.07 Å². The van der Waals surface area contributed by atoms with Gasteiger partial charge in [-0.25, -0.2) is 0 Å². The molecule has 2 aromatic rings. The van der Waals surface area contributed by atoms with Crippen molar-refractivity contribution in [3.05, 3.63) is 36.5 Å². The summed E-state index contributed by atoms with van der Waals surface area (Å²) in [5.74, 6) is 0.843. The average molecular weight is 246 g/mol. The molecule has 0 aliphatic rings. The van der Waals surface area contributed by atoms with Crippen LogP contribution in [0.25, 0.3) is 0 Å². The minimum Gasteiger partial charge on any atom is -0.508 e. The van der Waals surface area contributed by atoms with Crippen LogP contribution in [-0.4, -0.2) is 28.5 Å². The first-order chi connectivity index (χ1) is 8.65. The highest BCUT2D eigenvalue weighted by atomic mass is 16.3. The Morgan fingerprint density at radius 1 is 1.39 bits per heavy atom. The molecule has 0 radical (unpaired) electrons. The number of anilines is 2. The van der Waals surface area contributed by atoms with E-state index in [1.165, 1.54) is 0 Å². The number of phenols is 1. The molecule has 0 aliphatic heterocycles. The molecular weight excluding hydrogens is 228 g/mol. The summed E-state index contributed by atoms with van der Waals surface area (Å²) in [6.45, 7) is 1.73. The van der Waals surface area contributed by atoms with Crippen molar-refractivity contribution in [3.8, 4) is 5.75 Å². The Balaban J connectivity index is 1.83. The van der Waals surface area contributed by atoms with Crippen molar-refractivity contribution in [1.82, 2.24) is 9.78 Å². The van der Waals surface area contributed by atoms with E-state index in [0.29, 0.717) is 11.6 Å². The predicted molar refractivity (Wildman–Crippen MR) is 72.6 cm³/mol. The molecular formula is C13H18N4O. The van der Waals surface area contributed by atoms with E-state index in [-0.39, 0.29) is 0 Å². The summed E-state index contributed by atoms with van der Waals surface area (Å²) in [5.41, 5.74) is 6.56. The zero-order valence-corrected chi connectivity index (χ0v) is 10.5. The fourth-order valence-electron chi connectivity index (χ4n) is 1.83. The first-order valence-corrected chi connectivity index (χ1v) is 5.94. The van der Waals surface area contributed by atoms with Gasteiger partial charge in [0.25, 0.3) is 0 Å². The minimum absolute atomic E-state index is 0.291. The third-order valence-electron chi connectivity index (χ3n) is 2.81. The molecule has 1 aromatic carbocycles. The fraction of sp³-hybridized carbons (Fsp3) is 0.308. The number of benzene rings is 1. The van der Waals surface area contributed by atoms with Gasteiger partial charge in [-0.15, -0.1) is 0 Å². The number of aromatic nitrogens is 2. The molecule has 18 heavy (non-hydrogen) atoms. The summed E-state index contributed by atoms with van der Waals surface area (Å²) in [6, 6.07) is 9.04. The Labute approximate surface area is 106 Å².